The van der Waals surface area contributed by atoms with Crippen LogP contribution < -0.4 is 10.6 Å². The summed E-state index contributed by atoms with van der Waals surface area (Å²) in [6.07, 6.45) is 3.08. The zero-order chi connectivity index (χ0) is 19.9. The van der Waals surface area contributed by atoms with E-state index in [1.807, 2.05) is 25.1 Å². The zero-order valence-electron chi connectivity index (χ0n) is 16.1. The maximum atomic E-state index is 11.8. The fourth-order valence-electron chi connectivity index (χ4n) is 3.07. The van der Waals surface area contributed by atoms with Crippen LogP contribution in [0, 0.1) is 0 Å². The quantitative estimate of drug-likeness (QED) is 0.738. The molecule has 8 nitrogen and oxygen atoms in total. The van der Waals surface area contributed by atoms with E-state index < -0.39 is 0 Å². The molecule has 8 heteroatoms. The first-order valence-corrected chi connectivity index (χ1v) is 9.44. The largest absolute Gasteiger partial charge is 0.450 e. The number of rotatable bonds is 6. The van der Waals surface area contributed by atoms with Crippen LogP contribution in [0.3, 0.4) is 0 Å². The first kappa shape index (κ1) is 19.6. The van der Waals surface area contributed by atoms with E-state index in [2.05, 4.69) is 20.6 Å². The molecule has 0 spiro atoms. The summed E-state index contributed by atoms with van der Waals surface area (Å²) >= 11 is 0. The van der Waals surface area contributed by atoms with Gasteiger partial charge >= 0.3 is 6.09 Å². The Hall–Kier alpha value is -3.16. The van der Waals surface area contributed by atoms with Crippen molar-refractivity contribution < 1.29 is 14.3 Å². The third-order valence-electron chi connectivity index (χ3n) is 4.55. The van der Waals surface area contributed by atoms with Crippen LogP contribution in [0.5, 0.6) is 0 Å². The number of nitrogens with one attached hydrogen (secondary N) is 2. The Morgan fingerprint density at radius 3 is 2.75 bits per heavy atom. The van der Waals surface area contributed by atoms with Crippen molar-refractivity contribution in [2.24, 2.45) is 0 Å². The Morgan fingerprint density at radius 1 is 1.25 bits per heavy atom. The number of Topliss-reactive ketones (excluding diaryl/α,β-unsaturated/α-hetero) is 1. The summed E-state index contributed by atoms with van der Waals surface area (Å²) in [5.74, 6) is 1.18. The lowest BCUT2D eigenvalue weighted by Crippen LogP contribution is -2.42. The molecule has 1 fully saturated rings. The van der Waals surface area contributed by atoms with Crippen LogP contribution in [0.4, 0.5) is 22.2 Å². The van der Waals surface area contributed by atoms with Crippen molar-refractivity contribution in [3.05, 3.63) is 42.1 Å². The molecule has 0 unspecified atom stereocenters. The number of ether oxygens (including phenoxy) is 1. The van der Waals surface area contributed by atoms with E-state index in [0.717, 1.165) is 24.3 Å². The van der Waals surface area contributed by atoms with Crippen molar-refractivity contribution in [1.29, 1.82) is 0 Å². The molecule has 1 amide bonds. The molecule has 1 saturated heterocycles. The Balaban J connectivity index is 1.58. The summed E-state index contributed by atoms with van der Waals surface area (Å²) in [5, 5.41) is 6.53. The summed E-state index contributed by atoms with van der Waals surface area (Å²) in [4.78, 5) is 33.8. The van der Waals surface area contributed by atoms with Crippen molar-refractivity contribution in [2.45, 2.75) is 32.7 Å². The third-order valence-corrected chi connectivity index (χ3v) is 4.55. The Labute approximate surface area is 164 Å². The normalized spacial score (nSPS) is 14.4. The Morgan fingerprint density at radius 2 is 2.04 bits per heavy atom. The van der Waals surface area contributed by atoms with Gasteiger partial charge in [-0.25, -0.2) is 9.78 Å². The van der Waals surface area contributed by atoms with E-state index >= 15 is 0 Å². The maximum Gasteiger partial charge on any atom is 0.409 e. The van der Waals surface area contributed by atoms with Crippen molar-refractivity contribution in [2.75, 3.05) is 30.3 Å². The highest BCUT2D eigenvalue weighted by Crippen LogP contribution is 2.19. The molecule has 2 heterocycles. The number of likely N-dealkylation sites (tertiary alicyclic amines) is 1. The SMILES string of the molecule is CCOC(=O)N1CCC(Nc2ccnc(Nc3cccc(C(C)=O)c3)n2)CC1. The van der Waals surface area contributed by atoms with Gasteiger partial charge in [0, 0.05) is 36.6 Å². The molecule has 3 rings (SSSR count). The molecular weight excluding hydrogens is 358 g/mol. The third kappa shape index (κ3) is 5.18. The van der Waals surface area contributed by atoms with Crippen LogP contribution in [0.2, 0.25) is 0 Å². The fourth-order valence-corrected chi connectivity index (χ4v) is 3.07. The van der Waals surface area contributed by atoms with Gasteiger partial charge in [-0.2, -0.15) is 4.98 Å². The molecule has 148 valence electrons. The van der Waals surface area contributed by atoms with Crippen LogP contribution in [0.25, 0.3) is 0 Å². The lowest BCUT2D eigenvalue weighted by Gasteiger charge is -2.31. The number of hydrogen-bond acceptors (Lipinski definition) is 7. The molecule has 0 bridgehead atoms. The minimum absolute atomic E-state index is 0.00847. The Bertz CT molecular complexity index is 834. The summed E-state index contributed by atoms with van der Waals surface area (Å²) in [6, 6.07) is 9.27. The molecule has 0 atom stereocenters. The zero-order valence-corrected chi connectivity index (χ0v) is 16.1. The molecule has 0 radical (unpaired) electrons. The molecule has 2 N–H and O–H groups in total. The Kier molecular flexibility index (Phi) is 6.41. The molecule has 2 aromatic rings. The van der Waals surface area contributed by atoms with Crippen LogP contribution >= 0.6 is 0 Å². The number of anilines is 3. The van der Waals surface area contributed by atoms with Crippen molar-refractivity contribution >= 4 is 29.3 Å². The number of amides is 1. The minimum atomic E-state index is -0.248. The number of nitrogens with zero attached hydrogens (tertiary/aromatic N) is 3. The number of benzene rings is 1. The number of hydrogen-bond donors (Lipinski definition) is 2. The van der Waals surface area contributed by atoms with Crippen molar-refractivity contribution in [1.82, 2.24) is 14.9 Å². The highest BCUT2D eigenvalue weighted by Gasteiger charge is 2.23. The molecule has 28 heavy (non-hydrogen) atoms. The maximum absolute atomic E-state index is 11.8. The molecule has 1 aromatic carbocycles. The second kappa shape index (κ2) is 9.16. The average Bonchev–Trinajstić information content (AvgIpc) is 2.69. The van der Waals surface area contributed by atoms with E-state index in [1.165, 1.54) is 6.92 Å². The smallest absolute Gasteiger partial charge is 0.409 e. The number of piperidine rings is 1. The van der Waals surface area contributed by atoms with Gasteiger partial charge in [0.2, 0.25) is 5.95 Å². The summed E-state index contributed by atoms with van der Waals surface area (Å²) < 4.78 is 5.05. The van der Waals surface area contributed by atoms with Crippen LogP contribution in [0.1, 0.15) is 37.0 Å². The topological polar surface area (TPSA) is 96.5 Å². The predicted octanol–water partition coefficient (Wildman–Crippen LogP) is 3.46. The van der Waals surface area contributed by atoms with Gasteiger partial charge in [0.05, 0.1) is 6.61 Å². The van der Waals surface area contributed by atoms with Crippen molar-refractivity contribution in [3.8, 4) is 0 Å². The summed E-state index contributed by atoms with van der Waals surface area (Å²) in [7, 11) is 0. The first-order chi connectivity index (χ1) is 13.5. The van der Waals surface area contributed by atoms with Gasteiger partial charge in [0.25, 0.3) is 0 Å². The van der Waals surface area contributed by atoms with Gasteiger partial charge in [0.1, 0.15) is 5.82 Å². The van der Waals surface area contributed by atoms with Gasteiger partial charge in [-0.1, -0.05) is 12.1 Å². The highest BCUT2D eigenvalue weighted by molar-refractivity contribution is 5.95. The lowest BCUT2D eigenvalue weighted by molar-refractivity contribution is 0.0981. The number of carbonyl (C=O) groups excluding carboxylic acids is 2. The average molecular weight is 383 g/mol. The van der Waals surface area contributed by atoms with Crippen LogP contribution in [-0.2, 0) is 4.74 Å². The first-order valence-electron chi connectivity index (χ1n) is 9.44. The number of aromatic nitrogens is 2. The van der Waals surface area contributed by atoms with Gasteiger partial charge in [-0.3, -0.25) is 4.79 Å². The van der Waals surface area contributed by atoms with E-state index in [-0.39, 0.29) is 17.9 Å². The predicted molar refractivity (Wildman–Crippen MR) is 107 cm³/mol. The van der Waals surface area contributed by atoms with Crippen LogP contribution in [0.15, 0.2) is 36.5 Å². The van der Waals surface area contributed by atoms with Crippen molar-refractivity contribution in [3.63, 3.8) is 0 Å². The van der Waals surface area contributed by atoms with E-state index in [9.17, 15) is 9.59 Å². The molecular formula is C20H25N5O3. The monoisotopic (exact) mass is 383 g/mol. The van der Waals surface area contributed by atoms with Gasteiger partial charge in [-0.05, 0) is 44.9 Å². The van der Waals surface area contributed by atoms with Gasteiger partial charge in [0.15, 0.2) is 5.78 Å². The standard InChI is InChI=1S/C20H25N5O3/c1-3-28-20(27)25-11-8-16(9-12-25)22-18-7-10-21-19(24-18)23-17-6-4-5-15(13-17)14(2)26/h4-7,10,13,16H,3,8-9,11-12H2,1-2H3,(H2,21,22,23,24). The van der Waals surface area contributed by atoms with E-state index in [1.54, 1.807) is 23.2 Å². The van der Waals surface area contributed by atoms with Crippen LogP contribution in [-0.4, -0.2) is 52.5 Å². The van der Waals surface area contributed by atoms with Gasteiger partial charge in [-0.15, -0.1) is 0 Å². The summed E-state index contributed by atoms with van der Waals surface area (Å²) in [6.45, 7) is 5.05. The fraction of sp³-hybridized carbons (Fsp3) is 0.400. The molecule has 1 aliphatic rings. The second-order valence-electron chi connectivity index (χ2n) is 6.63. The minimum Gasteiger partial charge on any atom is -0.450 e. The molecule has 0 aliphatic carbocycles. The molecule has 1 aliphatic heterocycles. The molecule has 1 aromatic heterocycles. The number of ketones is 1. The lowest BCUT2D eigenvalue weighted by atomic mass is 10.1. The number of carbonyl (C=O) groups is 2. The second-order valence-corrected chi connectivity index (χ2v) is 6.63. The van der Waals surface area contributed by atoms with Gasteiger partial charge < -0.3 is 20.3 Å². The van der Waals surface area contributed by atoms with E-state index in [4.69, 9.17) is 4.74 Å². The van der Waals surface area contributed by atoms with E-state index in [0.29, 0.717) is 31.2 Å². The molecule has 0 saturated carbocycles. The highest BCUT2D eigenvalue weighted by atomic mass is 16.6. The summed E-state index contributed by atoms with van der Waals surface area (Å²) in [5.41, 5.74) is 1.39.